The second kappa shape index (κ2) is 5.01. The topological polar surface area (TPSA) is 58.9 Å². The fraction of sp³-hybridized carbons (Fsp3) is 0.200. The molecule has 4 heteroatoms. The molecular formula is C10H11NO3. The van der Waals surface area contributed by atoms with Crippen molar-refractivity contribution < 1.29 is 14.6 Å². The molecular weight excluding hydrogens is 182 g/mol. The van der Waals surface area contributed by atoms with E-state index < -0.39 is 5.97 Å². The highest BCUT2D eigenvalue weighted by atomic mass is 16.5. The lowest BCUT2D eigenvalue weighted by Crippen LogP contribution is -2.01. The maximum atomic E-state index is 10.1. The van der Waals surface area contributed by atoms with E-state index in [1.165, 1.54) is 0 Å². The van der Waals surface area contributed by atoms with Crippen LogP contribution in [0, 0.1) is 6.92 Å². The van der Waals surface area contributed by atoms with Crippen molar-refractivity contribution in [3.63, 3.8) is 0 Å². The van der Waals surface area contributed by atoms with Crippen molar-refractivity contribution in [1.82, 2.24) is 0 Å². The molecule has 1 rings (SSSR count). The molecule has 1 aromatic rings. The van der Waals surface area contributed by atoms with Gasteiger partial charge in [-0.25, -0.2) is 4.99 Å². The summed E-state index contributed by atoms with van der Waals surface area (Å²) in [4.78, 5) is 13.6. The number of hydrogen-bond donors (Lipinski definition) is 1. The first kappa shape index (κ1) is 10.2. The normalized spacial score (nSPS) is 10.4. The molecule has 0 saturated heterocycles. The van der Waals surface area contributed by atoms with E-state index in [0.717, 1.165) is 12.0 Å². The molecule has 0 spiro atoms. The first-order valence-corrected chi connectivity index (χ1v) is 4.12. The Kier molecular flexibility index (Phi) is 3.67. The molecule has 0 heterocycles. The quantitative estimate of drug-likeness (QED) is 0.582. The fourth-order valence-corrected chi connectivity index (χ4v) is 0.902. The van der Waals surface area contributed by atoms with Crippen LogP contribution in [0.4, 0.5) is 0 Å². The number of carboxylic acids is 1. The number of aliphatic carboxylic acids is 1. The Labute approximate surface area is 81.9 Å². The Morgan fingerprint density at radius 3 is 3.07 bits per heavy atom. The summed E-state index contributed by atoms with van der Waals surface area (Å²) < 4.78 is 5.08. The fourth-order valence-electron chi connectivity index (χ4n) is 0.902. The van der Waals surface area contributed by atoms with Crippen LogP contribution in [0.3, 0.4) is 0 Å². The van der Waals surface area contributed by atoms with E-state index in [0.29, 0.717) is 5.75 Å². The molecule has 0 amide bonds. The Morgan fingerprint density at radius 2 is 2.43 bits per heavy atom. The van der Waals surface area contributed by atoms with Crippen molar-refractivity contribution >= 4 is 12.4 Å². The third-order valence-electron chi connectivity index (χ3n) is 1.48. The molecule has 0 saturated carbocycles. The van der Waals surface area contributed by atoms with Gasteiger partial charge in [0.05, 0.1) is 0 Å². The van der Waals surface area contributed by atoms with Gasteiger partial charge in [0.15, 0.2) is 6.40 Å². The molecule has 0 aromatic heterocycles. The molecule has 0 bridgehead atoms. The summed E-state index contributed by atoms with van der Waals surface area (Å²) in [5.41, 5.74) is 1.08. The summed E-state index contributed by atoms with van der Waals surface area (Å²) >= 11 is 0. The molecule has 4 nitrogen and oxygen atoms in total. The molecule has 0 atom stereocenters. The lowest BCUT2D eigenvalue weighted by Gasteiger charge is -1.99. The number of aryl methyl sites for hydroxylation is 1. The number of benzene rings is 1. The van der Waals surface area contributed by atoms with Gasteiger partial charge >= 0.3 is 5.97 Å². The van der Waals surface area contributed by atoms with Crippen LogP contribution in [0.1, 0.15) is 5.56 Å². The minimum Gasteiger partial charge on any atom is -0.480 e. The first-order valence-electron chi connectivity index (χ1n) is 4.12. The predicted octanol–water partition coefficient (Wildman–Crippen LogP) is 1.49. The summed E-state index contributed by atoms with van der Waals surface area (Å²) in [6.45, 7) is 1.67. The van der Waals surface area contributed by atoms with Crippen molar-refractivity contribution in [2.45, 2.75) is 6.92 Å². The minimum atomic E-state index is -0.978. The maximum absolute atomic E-state index is 10.1. The monoisotopic (exact) mass is 193 g/mol. The van der Waals surface area contributed by atoms with Gasteiger partial charge in [-0.3, -0.25) is 4.79 Å². The molecule has 0 fully saturated rings. The van der Waals surface area contributed by atoms with E-state index in [9.17, 15) is 4.79 Å². The van der Waals surface area contributed by atoms with E-state index >= 15 is 0 Å². The van der Waals surface area contributed by atoms with Crippen LogP contribution in [0.2, 0.25) is 0 Å². The Hall–Kier alpha value is -1.84. The average molecular weight is 193 g/mol. The zero-order valence-electron chi connectivity index (χ0n) is 7.80. The number of carboxylic acid groups (broad SMARTS) is 1. The smallest absolute Gasteiger partial charge is 0.325 e. The van der Waals surface area contributed by atoms with Crippen molar-refractivity contribution in [1.29, 1.82) is 0 Å². The second-order valence-electron chi connectivity index (χ2n) is 2.77. The van der Waals surface area contributed by atoms with Gasteiger partial charge in [-0.1, -0.05) is 12.1 Å². The molecule has 0 unspecified atom stereocenters. The van der Waals surface area contributed by atoms with Gasteiger partial charge in [-0.2, -0.15) is 0 Å². The van der Waals surface area contributed by atoms with Gasteiger partial charge in [0.25, 0.3) is 0 Å². The van der Waals surface area contributed by atoms with Crippen molar-refractivity contribution in [2.24, 2.45) is 4.99 Å². The molecule has 0 radical (unpaired) electrons. The Bertz CT molecular complexity index is 347. The third kappa shape index (κ3) is 3.71. The predicted molar refractivity (Wildman–Crippen MR) is 52.8 cm³/mol. The van der Waals surface area contributed by atoms with Crippen LogP contribution in [0.25, 0.3) is 0 Å². The average Bonchev–Trinajstić information content (AvgIpc) is 2.12. The molecule has 1 N–H and O–H groups in total. The number of ether oxygens (including phenoxy) is 1. The van der Waals surface area contributed by atoms with Gasteiger partial charge in [-0.05, 0) is 24.6 Å². The molecule has 0 aliphatic heterocycles. The Balaban J connectivity index is 2.45. The van der Waals surface area contributed by atoms with Gasteiger partial charge in [-0.15, -0.1) is 0 Å². The number of nitrogens with zero attached hydrogens (tertiary/aromatic N) is 1. The maximum Gasteiger partial charge on any atom is 0.325 e. The van der Waals surface area contributed by atoms with Crippen LogP contribution in [0.15, 0.2) is 29.3 Å². The van der Waals surface area contributed by atoms with E-state index in [-0.39, 0.29) is 6.54 Å². The van der Waals surface area contributed by atoms with Crippen LogP contribution in [-0.4, -0.2) is 24.0 Å². The van der Waals surface area contributed by atoms with Gasteiger partial charge in [0, 0.05) is 0 Å². The third-order valence-corrected chi connectivity index (χ3v) is 1.48. The number of carbonyl (C=O) groups is 1. The number of rotatable bonds is 4. The van der Waals surface area contributed by atoms with E-state index in [1.54, 1.807) is 6.07 Å². The summed E-state index contributed by atoms with van der Waals surface area (Å²) in [6, 6.07) is 7.42. The van der Waals surface area contributed by atoms with Crippen LogP contribution >= 0.6 is 0 Å². The van der Waals surface area contributed by atoms with Gasteiger partial charge in [0.2, 0.25) is 0 Å². The summed E-state index contributed by atoms with van der Waals surface area (Å²) in [5.74, 6) is -0.326. The highest BCUT2D eigenvalue weighted by Gasteiger charge is 1.92. The van der Waals surface area contributed by atoms with Gasteiger partial charge < -0.3 is 9.84 Å². The molecule has 0 aliphatic rings. The van der Waals surface area contributed by atoms with E-state index in [1.807, 2.05) is 25.1 Å². The highest BCUT2D eigenvalue weighted by molar-refractivity contribution is 5.71. The van der Waals surface area contributed by atoms with Crippen LogP contribution in [-0.2, 0) is 4.79 Å². The summed E-state index contributed by atoms with van der Waals surface area (Å²) in [6.07, 6.45) is 1.14. The van der Waals surface area contributed by atoms with Crippen molar-refractivity contribution in [3.05, 3.63) is 29.8 Å². The molecule has 1 aromatic carbocycles. The minimum absolute atomic E-state index is 0.272. The first-order chi connectivity index (χ1) is 6.68. The van der Waals surface area contributed by atoms with E-state index in [4.69, 9.17) is 9.84 Å². The lowest BCUT2D eigenvalue weighted by atomic mass is 10.2. The molecule has 74 valence electrons. The second-order valence-corrected chi connectivity index (χ2v) is 2.77. The van der Waals surface area contributed by atoms with Crippen LogP contribution in [0.5, 0.6) is 5.75 Å². The zero-order chi connectivity index (χ0) is 10.4. The summed E-state index contributed by atoms with van der Waals surface area (Å²) in [7, 11) is 0. The lowest BCUT2D eigenvalue weighted by molar-refractivity contribution is -0.135. The Morgan fingerprint density at radius 1 is 1.64 bits per heavy atom. The number of hydrogen-bond acceptors (Lipinski definition) is 3. The number of aliphatic imine (C=N–C) groups is 1. The largest absolute Gasteiger partial charge is 0.480 e. The zero-order valence-corrected chi connectivity index (χ0v) is 7.80. The van der Waals surface area contributed by atoms with Gasteiger partial charge in [0.1, 0.15) is 12.3 Å². The highest BCUT2D eigenvalue weighted by Crippen LogP contribution is 2.10. The van der Waals surface area contributed by atoms with Crippen molar-refractivity contribution in [3.8, 4) is 5.75 Å². The van der Waals surface area contributed by atoms with Crippen LogP contribution < -0.4 is 4.74 Å². The summed E-state index contributed by atoms with van der Waals surface area (Å²) in [5, 5.41) is 8.29. The van der Waals surface area contributed by atoms with Crippen molar-refractivity contribution in [2.75, 3.05) is 6.54 Å². The molecule has 14 heavy (non-hydrogen) atoms. The van der Waals surface area contributed by atoms with E-state index in [2.05, 4.69) is 4.99 Å². The molecule has 0 aliphatic carbocycles. The standard InChI is InChI=1S/C10H11NO3/c1-8-3-2-4-9(5-8)14-7-11-6-10(12)13/h2-5,7H,6H2,1H3,(H,12,13). The SMILES string of the molecule is Cc1cccc(OC=NCC(=O)O)c1.